The number of benzene rings is 1. The molecule has 2 unspecified atom stereocenters. The number of halogens is 1. The SMILES string of the molecule is CCCCC(CC)CC(CN)Cc1ccc(Br)cc1. The summed E-state index contributed by atoms with van der Waals surface area (Å²) in [5, 5.41) is 0. The normalized spacial score (nSPS) is 14.3. The number of hydrogen-bond donors (Lipinski definition) is 1. The fraction of sp³-hybridized carbons (Fsp3) is 0.647. The van der Waals surface area contributed by atoms with Crippen LogP contribution in [0.5, 0.6) is 0 Å². The van der Waals surface area contributed by atoms with Crippen LogP contribution in [0.4, 0.5) is 0 Å². The van der Waals surface area contributed by atoms with Crippen LogP contribution in [0.15, 0.2) is 28.7 Å². The van der Waals surface area contributed by atoms with Crippen molar-refractivity contribution in [2.24, 2.45) is 17.6 Å². The van der Waals surface area contributed by atoms with E-state index in [-0.39, 0.29) is 0 Å². The van der Waals surface area contributed by atoms with Crippen LogP contribution >= 0.6 is 15.9 Å². The standard InChI is InChI=1S/C17H28BrN/c1-3-5-6-14(4-2)11-16(13-19)12-15-7-9-17(18)10-8-15/h7-10,14,16H,3-6,11-13,19H2,1-2H3. The first kappa shape index (κ1) is 16.7. The number of hydrogen-bond acceptors (Lipinski definition) is 1. The van der Waals surface area contributed by atoms with Crippen molar-refractivity contribution in [1.29, 1.82) is 0 Å². The molecule has 0 radical (unpaired) electrons. The van der Waals surface area contributed by atoms with Crippen LogP contribution in [0.2, 0.25) is 0 Å². The zero-order chi connectivity index (χ0) is 14.1. The Kier molecular flexibility index (Phi) is 8.40. The van der Waals surface area contributed by atoms with Gasteiger partial charge >= 0.3 is 0 Å². The molecule has 0 aliphatic heterocycles. The van der Waals surface area contributed by atoms with Crippen LogP contribution in [-0.4, -0.2) is 6.54 Å². The fourth-order valence-corrected chi connectivity index (χ4v) is 2.93. The molecule has 1 aromatic rings. The van der Waals surface area contributed by atoms with Crippen molar-refractivity contribution in [2.45, 2.75) is 52.4 Å². The van der Waals surface area contributed by atoms with Crippen LogP contribution in [0, 0.1) is 11.8 Å². The van der Waals surface area contributed by atoms with Gasteiger partial charge in [0.2, 0.25) is 0 Å². The van der Waals surface area contributed by atoms with Crippen molar-refractivity contribution in [1.82, 2.24) is 0 Å². The van der Waals surface area contributed by atoms with Crippen LogP contribution < -0.4 is 5.73 Å². The molecule has 19 heavy (non-hydrogen) atoms. The minimum atomic E-state index is 0.628. The summed E-state index contributed by atoms with van der Waals surface area (Å²) >= 11 is 3.48. The molecule has 2 atom stereocenters. The molecule has 0 fully saturated rings. The monoisotopic (exact) mass is 325 g/mol. The molecule has 108 valence electrons. The van der Waals surface area contributed by atoms with Gasteiger partial charge in [-0.25, -0.2) is 0 Å². The zero-order valence-corrected chi connectivity index (χ0v) is 14.0. The molecule has 0 saturated heterocycles. The Labute approximate surface area is 127 Å². The maximum atomic E-state index is 5.97. The van der Waals surface area contributed by atoms with Crippen molar-refractivity contribution < 1.29 is 0 Å². The van der Waals surface area contributed by atoms with Crippen LogP contribution in [0.3, 0.4) is 0 Å². The molecule has 1 aromatic carbocycles. The Hall–Kier alpha value is -0.340. The Morgan fingerprint density at radius 2 is 1.79 bits per heavy atom. The van der Waals surface area contributed by atoms with Gasteiger partial charge < -0.3 is 5.73 Å². The van der Waals surface area contributed by atoms with Crippen LogP contribution in [0.25, 0.3) is 0 Å². The molecule has 0 saturated carbocycles. The predicted octanol–water partition coefficient (Wildman–Crippen LogP) is 5.17. The number of unbranched alkanes of at least 4 members (excludes halogenated alkanes) is 1. The Bertz CT molecular complexity index is 334. The van der Waals surface area contributed by atoms with Gasteiger partial charge in [-0.2, -0.15) is 0 Å². The number of nitrogens with two attached hydrogens (primary N) is 1. The van der Waals surface area contributed by atoms with Gasteiger partial charge in [-0.05, 0) is 48.9 Å². The van der Waals surface area contributed by atoms with E-state index in [9.17, 15) is 0 Å². The first-order valence-electron chi connectivity index (χ1n) is 7.64. The zero-order valence-electron chi connectivity index (χ0n) is 12.4. The van der Waals surface area contributed by atoms with E-state index >= 15 is 0 Å². The van der Waals surface area contributed by atoms with Gasteiger partial charge in [-0.1, -0.05) is 67.6 Å². The van der Waals surface area contributed by atoms with E-state index in [2.05, 4.69) is 54.0 Å². The van der Waals surface area contributed by atoms with E-state index < -0.39 is 0 Å². The van der Waals surface area contributed by atoms with Crippen molar-refractivity contribution in [3.8, 4) is 0 Å². The summed E-state index contributed by atoms with van der Waals surface area (Å²) in [7, 11) is 0. The molecular weight excluding hydrogens is 298 g/mol. The third-order valence-corrected chi connectivity index (χ3v) is 4.51. The molecule has 0 aliphatic carbocycles. The lowest BCUT2D eigenvalue weighted by Crippen LogP contribution is -2.20. The smallest absolute Gasteiger partial charge is 0.0175 e. The second-order valence-electron chi connectivity index (χ2n) is 5.58. The molecule has 0 aromatic heterocycles. The summed E-state index contributed by atoms with van der Waals surface area (Å²) in [4.78, 5) is 0. The Morgan fingerprint density at radius 3 is 2.32 bits per heavy atom. The number of rotatable bonds is 9. The lowest BCUT2D eigenvalue weighted by molar-refractivity contribution is 0.339. The van der Waals surface area contributed by atoms with Crippen molar-refractivity contribution in [3.63, 3.8) is 0 Å². The first-order valence-corrected chi connectivity index (χ1v) is 8.43. The van der Waals surface area contributed by atoms with Gasteiger partial charge in [0.05, 0.1) is 0 Å². The summed E-state index contributed by atoms with van der Waals surface area (Å²) in [6.07, 6.45) is 7.71. The summed E-state index contributed by atoms with van der Waals surface area (Å²) in [5.74, 6) is 1.48. The van der Waals surface area contributed by atoms with E-state index in [0.29, 0.717) is 5.92 Å². The highest BCUT2D eigenvalue weighted by Crippen LogP contribution is 2.24. The van der Waals surface area contributed by atoms with Crippen LogP contribution in [-0.2, 0) is 6.42 Å². The molecule has 0 spiro atoms. The Morgan fingerprint density at radius 1 is 1.11 bits per heavy atom. The summed E-state index contributed by atoms with van der Waals surface area (Å²) in [6.45, 7) is 5.39. The highest BCUT2D eigenvalue weighted by Gasteiger charge is 2.14. The minimum Gasteiger partial charge on any atom is -0.330 e. The lowest BCUT2D eigenvalue weighted by atomic mass is 9.85. The van der Waals surface area contributed by atoms with E-state index in [0.717, 1.165) is 23.4 Å². The molecular formula is C17H28BrN. The maximum absolute atomic E-state index is 5.97. The molecule has 2 heteroatoms. The topological polar surface area (TPSA) is 26.0 Å². The molecule has 1 rings (SSSR count). The van der Waals surface area contributed by atoms with Gasteiger partial charge in [-0.3, -0.25) is 0 Å². The summed E-state index contributed by atoms with van der Waals surface area (Å²) in [5.41, 5.74) is 7.38. The van der Waals surface area contributed by atoms with Gasteiger partial charge in [0.1, 0.15) is 0 Å². The minimum absolute atomic E-state index is 0.628. The van der Waals surface area contributed by atoms with Crippen molar-refractivity contribution >= 4 is 15.9 Å². The summed E-state index contributed by atoms with van der Waals surface area (Å²) in [6, 6.07) is 8.66. The van der Waals surface area contributed by atoms with E-state index in [1.807, 2.05) is 0 Å². The fourth-order valence-electron chi connectivity index (χ4n) is 2.67. The molecule has 2 N–H and O–H groups in total. The van der Waals surface area contributed by atoms with Crippen molar-refractivity contribution in [3.05, 3.63) is 34.3 Å². The van der Waals surface area contributed by atoms with Crippen LogP contribution in [0.1, 0.15) is 51.5 Å². The quantitative estimate of drug-likeness (QED) is 0.665. The Balaban J connectivity index is 2.49. The van der Waals surface area contributed by atoms with E-state index in [4.69, 9.17) is 5.73 Å². The average Bonchev–Trinajstić information content (AvgIpc) is 2.44. The second kappa shape index (κ2) is 9.55. The van der Waals surface area contributed by atoms with Gasteiger partial charge in [0, 0.05) is 4.47 Å². The molecule has 0 aliphatic rings. The third-order valence-electron chi connectivity index (χ3n) is 3.98. The maximum Gasteiger partial charge on any atom is 0.0175 e. The lowest BCUT2D eigenvalue weighted by Gasteiger charge is -2.21. The van der Waals surface area contributed by atoms with E-state index in [1.54, 1.807) is 0 Å². The third kappa shape index (κ3) is 6.58. The highest BCUT2D eigenvalue weighted by atomic mass is 79.9. The molecule has 0 heterocycles. The van der Waals surface area contributed by atoms with E-state index in [1.165, 1.54) is 37.7 Å². The van der Waals surface area contributed by atoms with Gasteiger partial charge in [-0.15, -0.1) is 0 Å². The van der Waals surface area contributed by atoms with Gasteiger partial charge in [0.15, 0.2) is 0 Å². The summed E-state index contributed by atoms with van der Waals surface area (Å²) < 4.78 is 1.15. The highest BCUT2D eigenvalue weighted by molar-refractivity contribution is 9.10. The molecule has 0 bridgehead atoms. The first-order chi connectivity index (χ1) is 9.19. The molecule has 0 amide bonds. The predicted molar refractivity (Wildman–Crippen MR) is 88.3 cm³/mol. The largest absolute Gasteiger partial charge is 0.330 e. The van der Waals surface area contributed by atoms with Crippen molar-refractivity contribution in [2.75, 3.05) is 6.54 Å². The molecule has 1 nitrogen and oxygen atoms in total. The second-order valence-corrected chi connectivity index (χ2v) is 6.50. The average molecular weight is 326 g/mol. The van der Waals surface area contributed by atoms with Gasteiger partial charge in [0.25, 0.3) is 0 Å².